The molecule has 0 fully saturated rings. The monoisotopic (exact) mass is 218 g/mol. The number of carbonyl (C=O) groups excluding carboxylic acids is 1. The Morgan fingerprint density at radius 2 is 2.19 bits per heavy atom. The van der Waals surface area contributed by atoms with Gasteiger partial charge < -0.3 is 4.90 Å². The van der Waals surface area contributed by atoms with Crippen LogP contribution in [-0.2, 0) is 11.3 Å². The van der Waals surface area contributed by atoms with Crippen molar-refractivity contribution in [1.82, 2.24) is 19.9 Å². The van der Waals surface area contributed by atoms with Crippen molar-refractivity contribution in [2.24, 2.45) is 0 Å². The summed E-state index contributed by atoms with van der Waals surface area (Å²) >= 11 is 0. The topological polar surface area (TPSA) is 51.0 Å². The molecule has 84 valence electrons. The molecule has 0 saturated carbocycles. The maximum Gasteiger partial charge on any atom is 0.244 e. The summed E-state index contributed by atoms with van der Waals surface area (Å²) in [6, 6.07) is 7.61. The summed E-state index contributed by atoms with van der Waals surface area (Å²) in [6.07, 6.45) is 0. The van der Waals surface area contributed by atoms with Gasteiger partial charge >= 0.3 is 0 Å². The lowest BCUT2D eigenvalue weighted by molar-refractivity contribution is -0.130. The second-order valence-corrected chi connectivity index (χ2v) is 3.64. The van der Waals surface area contributed by atoms with Gasteiger partial charge in [-0.25, -0.2) is 4.68 Å². The van der Waals surface area contributed by atoms with E-state index in [0.29, 0.717) is 6.54 Å². The van der Waals surface area contributed by atoms with Gasteiger partial charge in [0.05, 0.1) is 5.52 Å². The third-order valence-corrected chi connectivity index (χ3v) is 2.61. The lowest BCUT2D eigenvalue weighted by Gasteiger charge is -2.13. The van der Waals surface area contributed by atoms with E-state index in [-0.39, 0.29) is 12.5 Å². The van der Waals surface area contributed by atoms with Crippen LogP contribution in [0.1, 0.15) is 6.92 Å². The van der Waals surface area contributed by atoms with Crippen molar-refractivity contribution in [2.75, 3.05) is 13.6 Å². The zero-order valence-corrected chi connectivity index (χ0v) is 9.42. The molecular formula is C11H14N4O. The Morgan fingerprint density at radius 3 is 2.94 bits per heavy atom. The van der Waals surface area contributed by atoms with E-state index >= 15 is 0 Å². The van der Waals surface area contributed by atoms with E-state index in [9.17, 15) is 4.79 Å². The number of aromatic nitrogens is 3. The molecule has 0 aliphatic carbocycles. The van der Waals surface area contributed by atoms with Gasteiger partial charge in [-0.3, -0.25) is 4.79 Å². The normalized spacial score (nSPS) is 10.6. The summed E-state index contributed by atoms with van der Waals surface area (Å²) in [6.45, 7) is 2.88. The van der Waals surface area contributed by atoms with Crippen LogP contribution in [0.2, 0.25) is 0 Å². The smallest absolute Gasteiger partial charge is 0.244 e. The summed E-state index contributed by atoms with van der Waals surface area (Å²) < 4.78 is 1.63. The van der Waals surface area contributed by atoms with Crippen LogP contribution in [0.25, 0.3) is 11.0 Å². The number of amides is 1. The van der Waals surface area contributed by atoms with E-state index < -0.39 is 0 Å². The van der Waals surface area contributed by atoms with Gasteiger partial charge in [-0.05, 0) is 19.1 Å². The third-order valence-electron chi connectivity index (χ3n) is 2.61. The quantitative estimate of drug-likeness (QED) is 0.769. The first kappa shape index (κ1) is 10.6. The van der Waals surface area contributed by atoms with Crippen LogP contribution in [-0.4, -0.2) is 39.4 Å². The van der Waals surface area contributed by atoms with Gasteiger partial charge in [0.1, 0.15) is 12.1 Å². The number of para-hydroxylation sites is 1. The molecule has 2 aromatic rings. The molecule has 1 aromatic carbocycles. The summed E-state index contributed by atoms with van der Waals surface area (Å²) in [5.41, 5.74) is 1.70. The molecule has 0 atom stereocenters. The highest BCUT2D eigenvalue weighted by Crippen LogP contribution is 2.09. The first-order valence-electron chi connectivity index (χ1n) is 5.24. The molecule has 0 aliphatic rings. The number of likely N-dealkylation sites (N-methyl/N-ethyl adjacent to an activating group) is 1. The molecule has 0 spiro atoms. The fourth-order valence-electron chi connectivity index (χ4n) is 1.46. The van der Waals surface area contributed by atoms with Gasteiger partial charge in [0.25, 0.3) is 0 Å². The number of nitrogens with zero attached hydrogens (tertiary/aromatic N) is 4. The lowest BCUT2D eigenvalue weighted by Crippen LogP contribution is -2.30. The standard InChI is InChI=1S/C11H14N4O/c1-3-14(2)11(16)8-15-10-7-5-4-6-9(10)12-13-15/h4-7H,3,8H2,1-2H3. The predicted molar refractivity (Wildman–Crippen MR) is 60.8 cm³/mol. The van der Waals surface area contributed by atoms with Gasteiger partial charge in [-0.2, -0.15) is 0 Å². The minimum Gasteiger partial charge on any atom is -0.344 e. The van der Waals surface area contributed by atoms with Crippen molar-refractivity contribution < 1.29 is 4.79 Å². The molecule has 0 radical (unpaired) electrons. The third kappa shape index (κ3) is 1.88. The molecule has 0 bridgehead atoms. The Kier molecular flexibility index (Phi) is 2.85. The molecular weight excluding hydrogens is 204 g/mol. The average molecular weight is 218 g/mol. The molecule has 0 unspecified atom stereocenters. The molecule has 0 aliphatic heterocycles. The van der Waals surface area contributed by atoms with E-state index in [1.54, 1.807) is 16.6 Å². The van der Waals surface area contributed by atoms with Crippen molar-refractivity contribution >= 4 is 16.9 Å². The van der Waals surface area contributed by atoms with Gasteiger partial charge in [-0.15, -0.1) is 5.10 Å². The van der Waals surface area contributed by atoms with Crippen molar-refractivity contribution in [3.05, 3.63) is 24.3 Å². The van der Waals surface area contributed by atoms with Crippen LogP contribution in [0.5, 0.6) is 0 Å². The highest BCUT2D eigenvalue weighted by Gasteiger charge is 2.10. The lowest BCUT2D eigenvalue weighted by atomic mass is 10.3. The molecule has 5 heteroatoms. The number of hydrogen-bond donors (Lipinski definition) is 0. The fraction of sp³-hybridized carbons (Fsp3) is 0.364. The molecule has 1 aromatic heterocycles. The Morgan fingerprint density at radius 1 is 1.44 bits per heavy atom. The summed E-state index contributed by atoms with van der Waals surface area (Å²) in [4.78, 5) is 13.4. The second kappa shape index (κ2) is 4.30. The van der Waals surface area contributed by atoms with Crippen molar-refractivity contribution in [2.45, 2.75) is 13.5 Å². The second-order valence-electron chi connectivity index (χ2n) is 3.64. The average Bonchev–Trinajstić information content (AvgIpc) is 2.72. The van der Waals surface area contributed by atoms with Crippen LogP contribution < -0.4 is 0 Å². The van der Waals surface area contributed by atoms with Crippen LogP contribution in [0.3, 0.4) is 0 Å². The molecule has 0 saturated heterocycles. The molecule has 16 heavy (non-hydrogen) atoms. The summed E-state index contributed by atoms with van der Waals surface area (Å²) in [7, 11) is 1.78. The predicted octanol–water partition coefficient (Wildman–Crippen LogP) is 0.910. The van der Waals surface area contributed by atoms with Crippen molar-refractivity contribution in [3.63, 3.8) is 0 Å². The number of hydrogen-bond acceptors (Lipinski definition) is 3. The molecule has 1 amide bonds. The maximum atomic E-state index is 11.7. The van der Waals surface area contributed by atoms with E-state index in [4.69, 9.17) is 0 Å². The SMILES string of the molecule is CCN(C)C(=O)Cn1nnc2ccccc21. The van der Waals surface area contributed by atoms with Crippen molar-refractivity contribution in [3.8, 4) is 0 Å². The zero-order chi connectivity index (χ0) is 11.5. The van der Waals surface area contributed by atoms with Crippen LogP contribution in [0.15, 0.2) is 24.3 Å². The zero-order valence-electron chi connectivity index (χ0n) is 9.42. The largest absolute Gasteiger partial charge is 0.344 e. The van der Waals surface area contributed by atoms with E-state index in [1.807, 2.05) is 31.2 Å². The van der Waals surface area contributed by atoms with Crippen LogP contribution in [0.4, 0.5) is 0 Å². The number of rotatable bonds is 3. The molecule has 2 rings (SSSR count). The van der Waals surface area contributed by atoms with Gasteiger partial charge in [-0.1, -0.05) is 17.3 Å². The Balaban J connectivity index is 2.25. The minimum atomic E-state index is 0.0400. The van der Waals surface area contributed by atoms with Gasteiger partial charge in [0.2, 0.25) is 5.91 Å². The molecule has 5 nitrogen and oxygen atoms in total. The number of fused-ring (bicyclic) bond motifs is 1. The Hall–Kier alpha value is -1.91. The van der Waals surface area contributed by atoms with Gasteiger partial charge in [0, 0.05) is 13.6 Å². The highest BCUT2D eigenvalue weighted by molar-refractivity contribution is 5.79. The Labute approximate surface area is 93.7 Å². The van der Waals surface area contributed by atoms with E-state index in [2.05, 4.69) is 10.3 Å². The first-order chi connectivity index (χ1) is 7.72. The first-order valence-corrected chi connectivity index (χ1v) is 5.24. The van der Waals surface area contributed by atoms with E-state index in [1.165, 1.54) is 0 Å². The Bertz CT molecular complexity index is 505. The van der Waals surface area contributed by atoms with E-state index in [0.717, 1.165) is 11.0 Å². The maximum absolute atomic E-state index is 11.7. The number of carbonyl (C=O) groups is 1. The van der Waals surface area contributed by atoms with Gasteiger partial charge in [0.15, 0.2) is 0 Å². The fourth-order valence-corrected chi connectivity index (χ4v) is 1.46. The van der Waals surface area contributed by atoms with Crippen LogP contribution in [0, 0.1) is 0 Å². The molecule has 1 heterocycles. The molecule has 0 N–H and O–H groups in total. The highest BCUT2D eigenvalue weighted by atomic mass is 16.2. The summed E-state index contributed by atoms with van der Waals surface area (Å²) in [5, 5.41) is 7.97. The minimum absolute atomic E-state index is 0.0400. The van der Waals surface area contributed by atoms with Crippen LogP contribution >= 0.6 is 0 Å². The summed E-state index contributed by atoms with van der Waals surface area (Å²) in [5.74, 6) is 0.0400. The number of benzene rings is 1. The van der Waals surface area contributed by atoms with Crippen molar-refractivity contribution in [1.29, 1.82) is 0 Å².